The number of pyridine rings is 1. The zero-order chi connectivity index (χ0) is 26.9. The molecule has 204 valence electrons. The molecule has 0 spiro atoms. The van der Waals surface area contributed by atoms with Crippen LogP contribution in [-0.4, -0.2) is 89.2 Å². The van der Waals surface area contributed by atoms with E-state index >= 15 is 0 Å². The van der Waals surface area contributed by atoms with Gasteiger partial charge in [-0.1, -0.05) is 12.1 Å². The van der Waals surface area contributed by atoms with Crippen LogP contribution in [0, 0.1) is 0 Å². The lowest BCUT2D eigenvalue weighted by Crippen LogP contribution is -2.57. The second-order valence-electron chi connectivity index (χ2n) is 10.8. The highest BCUT2D eigenvalue weighted by atomic mass is 16.5. The van der Waals surface area contributed by atoms with Crippen molar-refractivity contribution in [1.82, 2.24) is 14.8 Å². The van der Waals surface area contributed by atoms with E-state index in [-0.39, 0.29) is 36.5 Å². The SMILES string of the molecule is CC1CC=NN=CN1c1cc2c(cn1)C(C(=O)N1CCN(CCc3ccc4c(c3)COC4=O)C(CO)C1)CC2. The third-order valence-electron chi connectivity index (χ3n) is 8.46. The number of carbonyl (C=O) groups is 2. The number of benzene rings is 1. The number of hydrogen-bond acceptors (Lipinski definition) is 9. The summed E-state index contributed by atoms with van der Waals surface area (Å²) < 4.78 is 5.11. The number of rotatable bonds is 6. The maximum Gasteiger partial charge on any atom is 0.338 e. The molecule has 3 unspecified atom stereocenters. The third-order valence-corrected chi connectivity index (χ3v) is 8.46. The van der Waals surface area contributed by atoms with Crippen molar-refractivity contribution in [3.63, 3.8) is 0 Å². The van der Waals surface area contributed by atoms with Crippen molar-refractivity contribution in [3.05, 3.63) is 58.3 Å². The average molecular weight is 531 g/mol. The zero-order valence-corrected chi connectivity index (χ0v) is 22.2. The Hall–Kier alpha value is -3.63. The molecule has 3 atom stereocenters. The zero-order valence-electron chi connectivity index (χ0n) is 22.2. The molecule has 10 heteroatoms. The van der Waals surface area contributed by atoms with E-state index in [2.05, 4.69) is 28.1 Å². The van der Waals surface area contributed by atoms with Gasteiger partial charge in [-0.15, -0.1) is 5.10 Å². The van der Waals surface area contributed by atoms with Gasteiger partial charge in [-0.3, -0.25) is 9.69 Å². The first-order valence-corrected chi connectivity index (χ1v) is 13.8. The molecule has 1 amide bonds. The van der Waals surface area contributed by atoms with Gasteiger partial charge in [-0.2, -0.15) is 5.10 Å². The highest BCUT2D eigenvalue weighted by Crippen LogP contribution is 2.36. The van der Waals surface area contributed by atoms with E-state index in [1.807, 2.05) is 40.4 Å². The number of esters is 1. The minimum absolute atomic E-state index is 0.00175. The smallest absolute Gasteiger partial charge is 0.338 e. The molecule has 0 radical (unpaired) electrons. The summed E-state index contributed by atoms with van der Waals surface area (Å²) in [6, 6.07) is 8.05. The van der Waals surface area contributed by atoms with E-state index < -0.39 is 0 Å². The van der Waals surface area contributed by atoms with Crippen LogP contribution in [-0.2, 0) is 29.0 Å². The number of amides is 1. The summed E-state index contributed by atoms with van der Waals surface area (Å²) >= 11 is 0. The Balaban J connectivity index is 1.08. The monoisotopic (exact) mass is 530 g/mol. The van der Waals surface area contributed by atoms with Gasteiger partial charge in [0.05, 0.1) is 24.1 Å². The number of cyclic esters (lactones) is 1. The summed E-state index contributed by atoms with van der Waals surface area (Å²) in [4.78, 5) is 36.3. The Bertz CT molecular complexity index is 1330. The summed E-state index contributed by atoms with van der Waals surface area (Å²) in [5, 5.41) is 18.2. The van der Waals surface area contributed by atoms with Gasteiger partial charge >= 0.3 is 5.97 Å². The molecule has 1 saturated heterocycles. The minimum Gasteiger partial charge on any atom is -0.457 e. The third kappa shape index (κ3) is 5.06. The Morgan fingerprint density at radius 1 is 1.18 bits per heavy atom. The Morgan fingerprint density at radius 2 is 2.08 bits per heavy atom. The maximum absolute atomic E-state index is 13.6. The van der Waals surface area contributed by atoms with Gasteiger partial charge in [0.2, 0.25) is 5.91 Å². The summed E-state index contributed by atoms with van der Waals surface area (Å²) in [6.07, 6.45) is 8.62. The van der Waals surface area contributed by atoms with Gasteiger partial charge in [0.25, 0.3) is 0 Å². The number of aliphatic hydroxyl groups excluding tert-OH is 1. The number of nitrogens with zero attached hydrogens (tertiary/aromatic N) is 6. The lowest BCUT2D eigenvalue weighted by molar-refractivity contribution is -0.136. The molecular formula is C29H34N6O4. The molecule has 2 aromatic rings. The van der Waals surface area contributed by atoms with Gasteiger partial charge in [-0.25, -0.2) is 9.78 Å². The lowest BCUT2D eigenvalue weighted by atomic mass is 9.99. The van der Waals surface area contributed by atoms with Gasteiger partial charge in [0.1, 0.15) is 18.8 Å². The van der Waals surface area contributed by atoms with E-state index in [1.165, 1.54) is 5.56 Å². The van der Waals surface area contributed by atoms with Gasteiger partial charge in [0.15, 0.2) is 0 Å². The Morgan fingerprint density at radius 3 is 2.95 bits per heavy atom. The van der Waals surface area contributed by atoms with Crippen molar-refractivity contribution in [2.45, 2.75) is 57.2 Å². The van der Waals surface area contributed by atoms with Crippen LogP contribution >= 0.6 is 0 Å². The molecule has 39 heavy (non-hydrogen) atoms. The fourth-order valence-electron chi connectivity index (χ4n) is 6.12. The predicted octanol–water partition coefficient (Wildman–Crippen LogP) is 2.14. The van der Waals surface area contributed by atoms with Crippen LogP contribution < -0.4 is 4.90 Å². The Kier molecular flexibility index (Phi) is 7.14. The van der Waals surface area contributed by atoms with Crippen LogP contribution in [0.4, 0.5) is 5.82 Å². The van der Waals surface area contributed by atoms with Gasteiger partial charge in [0, 0.05) is 56.6 Å². The largest absolute Gasteiger partial charge is 0.457 e. The van der Waals surface area contributed by atoms with Gasteiger partial charge in [-0.05, 0) is 55.0 Å². The van der Waals surface area contributed by atoms with Crippen LogP contribution in [0.5, 0.6) is 0 Å². The quantitative estimate of drug-likeness (QED) is 0.570. The van der Waals surface area contributed by atoms with Crippen LogP contribution in [0.3, 0.4) is 0 Å². The van der Waals surface area contributed by atoms with E-state index in [1.54, 1.807) is 6.34 Å². The van der Waals surface area contributed by atoms with Crippen molar-refractivity contribution >= 4 is 30.2 Å². The molecule has 1 N–H and O–H groups in total. The number of carbonyl (C=O) groups excluding carboxylic acids is 2. The van der Waals surface area contributed by atoms with E-state index in [9.17, 15) is 14.7 Å². The summed E-state index contributed by atoms with van der Waals surface area (Å²) in [7, 11) is 0. The first-order chi connectivity index (χ1) is 19.0. The standard InChI is InChI=1S/C29H34N6O4/c1-19-6-8-31-32-18-35(19)27-13-21-3-5-25(26(21)14-30-27)28(37)34-11-10-33(23(15-34)16-36)9-7-20-2-4-24-22(12-20)17-39-29(24)38/h2,4,8,12-14,18-19,23,25,36H,3,5-7,9-11,15-17H2,1H3. The summed E-state index contributed by atoms with van der Waals surface area (Å²) in [5.41, 5.74) is 4.92. The molecule has 1 aromatic carbocycles. The van der Waals surface area contributed by atoms with Crippen molar-refractivity contribution in [1.29, 1.82) is 0 Å². The molecule has 4 heterocycles. The number of fused-ring (bicyclic) bond motifs is 2. The summed E-state index contributed by atoms with van der Waals surface area (Å²) in [5.74, 6) is 0.514. The number of anilines is 1. The van der Waals surface area contributed by atoms with Crippen molar-refractivity contribution in [3.8, 4) is 0 Å². The van der Waals surface area contributed by atoms with Crippen molar-refractivity contribution in [2.24, 2.45) is 10.2 Å². The van der Waals surface area contributed by atoms with Crippen LogP contribution in [0.2, 0.25) is 0 Å². The first-order valence-electron chi connectivity index (χ1n) is 13.8. The fourth-order valence-corrected chi connectivity index (χ4v) is 6.12. The molecule has 1 aliphatic carbocycles. The molecule has 0 saturated carbocycles. The average Bonchev–Trinajstić information content (AvgIpc) is 3.48. The van der Waals surface area contributed by atoms with E-state index in [0.29, 0.717) is 31.8 Å². The highest BCUT2D eigenvalue weighted by Gasteiger charge is 2.36. The van der Waals surface area contributed by atoms with Crippen molar-refractivity contribution < 1.29 is 19.4 Å². The number of aromatic nitrogens is 1. The minimum atomic E-state index is -0.254. The van der Waals surface area contributed by atoms with E-state index in [4.69, 9.17) is 9.72 Å². The van der Waals surface area contributed by atoms with Crippen molar-refractivity contribution in [2.75, 3.05) is 37.7 Å². The molecule has 0 bridgehead atoms. The lowest BCUT2D eigenvalue weighted by Gasteiger charge is -2.41. The van der Waals surface area contributed by atoms with E-state index in [0.717, 1.165) is 54.7 Å². The number of hydrogen-bond donors (Lipinski definition) is 1. The molecule has 4 aliphatic rings. The molecule has 1 fully saturated rings. The molecule has 1 aromatic heterocycles. The van der Waals surface area contributed by atoms with Crippen LogP contribution in [0.15, 0.2) is 40.7 Å². The Labute approximate surface area is 228 Å². The van der Waals surface area contributed by atoms with Gasteiger partial charge < -0.3 is 19.6 Å². The number of aliphatic hydroxyl groups is 1. The molecule has 10 nitrogen and oxygen atoms in total. The molecule has 6 rings (SSSR count). The number of aryl methyl sites for hydroxylation is 1. The number of piperazine rings is 1. The van der Waals surface area contributed by atoms with Crippen LogP contribution in [0.1, 0.15) is 58.3 Å². The normalized spacial score (nSPS) is 24.5. The molecular weight excluding hydrogens is 496 g/mol. The second kappa shape index (κ2) is 10.9. The molecule has 3 aliphatic heterocycles. The fraction of sp³-hybridized carbons (Fsp3) is 0.483. The second-order valence-corrected chi connectivity index (χ2v) is 10.8. The predicted molar refractivity (Wildman–Crippen MR) is 147 cm³/mol. The number of ether oxygens (including phenoxy) is 1. The first kappa shape index (κ1) is 25.6. The topological polar surface area (TPSA) is 111 Å². The van der Waals surface area contributed by atoms with Crippen LogP contribution in [0.25, 0.3) is 0 Å². The highest BCUT2D eigenvalue weighted by molar-refractivity contribution is 5.93. The maximum atomic E-state index is 13.6. The summed E-state index contributed by atoms with van der Waals surface area (Å²) in [6.45, 7) is 5.11.